The molecule has 3 heteroatoms. The number of anilines is 2. The minimum Gasteiger partial charge on any atom is -0.497 e. The summed E-state index contributed by atoms with van der Waals surface area (Å²) in [4.78, 5) is 2.34. The minimum absolute atomic E-state index is 0.814. The van der Waals surface area contributed by atoms with Crippen LogP contribution >= 0.6 is 0 Å². The van der Waals surface area contributed by atoms with Crippen molar-refractivity contribution in [3.05, 3.63) is 18.2 Å². The Morgan fingerprint density at radius 1 is 1.44 bits per heavy atom. The second kappa shape index (κ2) is 4.64. The van der Waals surface area contributed by atoms with Crippen LogP contribution in [0.25, 0.3) is 0 Å². The van der Waals surface area contributed by atoms with Gasteiger partial charge in [-0.3, -0.25) is 0 Å². The van der Waals surface area contributed by atoms with Crippen LogP contribution in [0.15, 0.2) is 18.2 Å². The summed E-state index contributed by atoms with van der Waals surface area (Å²) in [5, 5.41) is 0. The third-order valence-electron chi connectivity index (χ3n) is 3.23. The van der Waals surface area contributed by atoms with Gasteiger partial charge in [0.1, 0.15) is 5.75 Å². The van der Waals surface area contributed by atoms with E-state index in [9.17, 15) is 0 Å². The second-order valence-corrected chi connectivity index (χ2v) is 4.48. The largest absolute Gasteiger partial charge is 0.497 e. The molecule has 1 aromatic carbocycles. The van der Waals surface area contributed by atoms with Crippen molar-refractivity contribution >= 4 is 11.4 Å². The number of methoxy groups -OCH3 is 1. The Morgan fingerprint density at radius 2 is 2.19 bits per heavy atom. The second-order valence-electron chi connectivity index (χ2n) is 4.48. The Morgan fingerprint density at radius 3 is 2.75 bits per heavy atom. The van der Waals surface area contributed by atoms with Gasteiger partial charge < -0.3 is 15.4 Å². The van der Waals surface area contributed by atoms with Gasteiger partial charge in [0, 0.05) is 19.2 Å². The van der Waals surface area contributed by atoms with Gasteiger partial charge in [-0.2, -0.15) is 0 Å². The van der Waals surface area contributed by atoms with E-state index in [4.69, 9.17) is 10.5 Å². The first-order valence-electron chi connectivity index (χ1n) is 5.93. The highest BCUT2D eigenvalue weighted by Gasteiger charge is 2.27. The van der Waals surface area contributed by atoms with Crippen LogP contribution in [0, 0.1) is 5.92 Å². The molecule has 0 aliphatic carbocycles. The predicted octanol–water partition coefficient (Wildman–Crippen LogP) is 2.51. The number of hydrogen-bond acceptors (Lipinski definition) is 3. The first-order valence-corrected chi connectivity index (χ1v) is 5.93. The Bertz CT molecular complexity index is 359. The molecule has 3 nitrogen and oxygen atoms in total. The van der Waals surface area contributed by atoms with Crippen LogP contribution in [-0.4, -0.2) is 20.2 Å². The van der Waals surface area contributed by atoms with Crippen molar-refractivity contribution in [2.24, 2.45) is 5.92 Å². The van der Waals surface area contributed by atoms with Crippen molar-refractivity contribution < 1.29 is 4.74 Å². The summed E-state index contributed by atoms with van der Waals surface area (Å²) >= 11 is 0. The van der Waals surface area contributed by atoms with Gasteiger partial charge in [-0.15, -0.1) is 0 Å². The molecule has 16 heavy (non-hydrogen) atoms. The molecule has 1 aromatic rings. The van der Waals surface area contributed by atoms with Crippen molar-refractivity contribution in [2.45, 2.75) is 19.8 Å². The van der Waals surface area contributed by atoms with Crippen molar-refractivity contribution in [1.82, 2.24) is 0 Å². The van der Waals surface area contributed by atoms with Gasteiger partial charge in [-0.25, -0.2) is 0 Å². The van der Waals surface area contributed by atoms with E-state index in [2.05, 4.69) is 17.9 Å². The quantitative estimate of drug-likeness (QED) is 0.792. The van der Waals surface area contributed by atoms with Crippen LogP contribution in [0.3, 0.4) is 0 Å². The maximum atomic E-state index is 6.01. The molecular formula is C13H20N2O. The lowest BCUT2D eigenvalue weighted by atomic mass is 9.94. The third-order valence-corrected chi connectivity index (χ3v) is 3.23. The molecule has 1 fully saturated rings. The molecule has 1 heterocycles. The van der Waals surface area contributed by atoms with Gasteiger partial charge >= 0.3 is 0 Å². The maximum Gasteiger partial charge on any atom is 0.121 e. The molecule has 0 bridgehead atoms. The monoisotopic (exact) mass is 220 g/mol. The van der Waals surface area contributed by atoms with Gasteiger partial charge in [0.2, 0.25) is 0 Å². The van der Waals surface area contributed by atoms with Crippen LogP contribution in [0.1, 0.15) is 19.8 Å². The molecule has 1 saturated heterocycles. The average molecular weight is 220 g/mol. The van der Waals surface area contributed by atoms with Gasteiger partial charge in [0.15, 0.2) is 0 Å². The SMILES string of the molecule is CCCC1CN(c2ccc(OC)cc2N)C1. The molecule has 2 rings (SSSR count). The summed E-state index contributed by atoms with van der Waals surface area (Å²) in [6.07, 6.45) is 2.60. The summed E-state index contributed by atoms with van der Waals surface area (Å²) < 4.78 is 5.14. The first kappa shape index (κ1) is 11.1. The predicted molar refractivity (Wildman–Crippen MR) is 68.0 cm³/mol. The van der Waals surface area contributed by atoms with E-state index in [-0.39, 0.29) is 0 Å². The lowest BCUT2D eigenvalue weighted by molar-refractivity contribution is 0.380. The zero-order valence-corrected chi connectivity index (χ0v) is 10.1. The van der Waals surface area contributed by atoms with Gasteiger partial charge in [-0.05, 0) is 24.5 Å². The molecule has 2 N–H and O–H groups in total. The number of nitrogen functional groups attached to an aromatic ring is 1. The Hall–Kier alpha value is -1.38. The third kappa shape index (κ3) is 2.08. The zero-order valence-electron chi connectivity index (χ0n) is 10.1. The Kier molecular flexibility index (Phi) is 3.22. The van der Waals surface area contributed by atoms with Crippen molar-refractivity contribution in [3.63, 3.8) is 0 Å². The number of hydrogen-bond donors (Lipinski definition) is 1. The molecule has 0 unspecified atom stereocenters. The lowest BCUT2D eigenvalue weighted by Gasteiger charge is -2.41. The standard InChI is InChI=1S/C13H20N2O/c1-3-4-10-8-15(9-10)13-6-5-11(16-2)7-12(13)14/h5-7,10H,3-4,8-9,14H2,1-2H3. The number of rotatable bonds is 4. The summed E-state index contributed by atoms with van der Waals surface area (Å²) in [5.41, 5.74) is 7.97. The number of ether oxygens (including phenoxy) is 1. The summed E-state index contributed by atoms with van der Waals surface area (Å²) in [6.45, 7) is 4.53. The first-order chi connectivity index (χ1) is 7.74. The van der Waals surface area contributed by atoms with E-state index >= 15 is 0 Å². The van der Waals surface area contributed by atoms with Crippen molar-refractivity contribution in [2.75, 3.05) is 30.8 Å². The highest BCUT2D eigenvalue weighted by molar-refractivity contribution is 5.70. The maximum absolute atomic E-state index is 6.01. The van der Waals surface area contributed by atoms with Gasteiger partial charge in [-0.1, -0.05) is 13.3 Å². The van der Waals surface area contributed by atoms with E-state index in [1.54, 1.807) is 7.11 Å². The molecule has 88 valence electrons. The van der Waals surface area contributed by atoms with E-state index in [0.717, 1.165) is 36.1 Å². The molecule has 0 atom stereocenters. The normalized spacial score (nSPS) is 16.0. The van der Waals surface area contributed by atoms with Crippen LogP contribution in [0.4, 0.5) is 11.4 Å². The number of nitrogens with two attached hydrogens (primary N) is 1. The van der Waals surface area contributed by atoms with Crippen LogP contribution < -0.4 is 15.4 Å². The highest BCUT2D eigenvalue weighted by Crippen LogP contribution is 2.33. The van der Waals surface area contributed by atoms with Gasteiger partial charge in [0.25, 0.3) is 0 Å². The molecule has 1 aliphatic heterocycles. The van der Waals surface area contributed by atoms with Crippen LogP contribution in [0.5, 0.6) is 5.75 Å². The Labute approximate surface area is 97.2 Å². The van der Waals surface area contributed by atoms with Crippen molar-refractivity contribution in [1.29, 1.82) is 0 Å². The van der Waals surface area contributed by atoms with E-state index in [1.807, 2.05) is 12.1 Å². The fourth-order valence-electron chi connectivity index (χ4n) is 2.30. The topological polar surface area (TPSA) is 38.5 Å². The molecule has 0 saturated carbocycles. The highest BCUT2D eigenvalue weighted by atomic mass is 16.5. The fraction of sp³-hybridized carbons (Fsp3) is 0.538. The van der Waals surface area contributed by atoms with Gasteiger partial charge in [0.05, 0.1) is 18.5 Å². The molecule has 0 spiro atoms. The molecule has 1 aliphatic rings. The summed E-state index contributed by atoms with van der Waals surface area (Å²) in [5.74, 6) is 1.68. The molecule has 0 amide bonds. The van der Waals surface area contributed by atoms with Crippen LogP contribution in [0.2, 0.25) is 0 Å². The van der Waals surface area contributed by atoms with E-state index < -0.39 is 0 Å². The molecule has 0 radical (unpaired) electrons. The number of benzene rings is 1. The number of nitrogens with zero attached hydrogens (tertiary/aromatic N) is 1. The summed E-state index contributed by atoms with van der Waals surface area (Å²) in [7, 11) is 1.66. The van der Waals surface area contributed by atoms with Crippen LogP contribution in [-0.2, 0) is 0 Å². The average Bonchev–Trinajstić information content (AvgIpc) is 2.23. The smallest absolute Gasteiger partial charge is 0.121 e. The molecular weight excluding hydrogens is 200 g/mol. The fourth-order valence-corrected chi connectivity index (χ4v) is 2.30. The molecule has 0 aromatic heterocycles. The summed E-state index contributed by atoms with van der Waals surface area (Å²) in [6, 6.07) is 5.91. The minimum atomic E-state index is 0.814. The van der Waals surface area contributed by atoms with Crippen molar-refractivity contribution in [3.8, 4) is 5.75 Å². The lowest BCUT2D eigenvalue weighted by Crippen LogP contribution is -2.46. The zero-order chi connectivity index (χ0) is 11.5. The van der Waals surface area contributed by atoms with E-state index in [0.29, 0.717) is 0 Å². The van der Waals surface area contributed by atoms with E-state index in [1.165, 1.54) is 12.8 Å². The Balaban J connectivity index is 2.01.